The van der Waals surface area contributed by atoms with Crippen LogP contribution in [0.25, 0.3) is 0 Å². The molecule has 3 nitrogen and oxygen atoms in total. The van der Waals surface area contributed by atoms with Crippen LogP contribution in [0, 0.1) is 11.7 Å². The summed E-state index contributed by atoms with van der Waals surface area (Å²) in [4.78, 5) is 2.28. The summed E-state index contributed by atoms with van der Waals surface area (Å²) in [7, 11) is 1.47. The molecule has 4 heteroatoms. The monoisotopic (exact) mass is 252 g/mol. The Morgan fingerprint density at radius 3 is 2.78 bits per heavy atom. The number of methoxy groups -OCH3 is 1. The normalized spacial score (nSPS) is 19.6. The quantitative estimate of drug-likeness (QED) is 0.840. The highest BCUT2D eigenvalue weighted by molar-refractivity contribution is 5.70. The first-order valence-corrected chi connectivity index (χ1v) is 6.44. The average molecular weight is 252 g/mol. The highest BCUT2D eigenvalue weighted by Crippen LogP contribution is 2.36. The Balaban J connectivity index is 2.38. The minimum absolute atomic E-state index is 0.258. The van der Waals surface area contributed by atoms with Gasteiger partial charge in [0, 0.05) is 24.7 Å². The summed E-state index contributed by atoms with van der Waals surface area (Å²) in [6, 6.07) is 3.54. The number of ether oxygens (including phenoxy) is 1. The highest BCUT2D eigenvalue weighted by atomic mass is 19.1. The first-order valence-electron chi connectivity index (χ1n) is 6.44. The van der Waals surface area contributed by atoms with Crippen molar-refractivity contribution in [2.45, 2.75) is 32.7 Å². The van der Waals surface area contributed by atoms with E-state index in [1.54, 1.807) is 6.07 Å². The molecule has 1 unspecified atom stereocenters. The molecule has 1 aliphatic rings. The molecular formula is C14H21FN2O. The molecule has 0 aliphatic carbocycles. The predicted molar refractivity (Wildman–Crippen MR) is 72.6 cm³/mol. The van der Waals surface area contributed by atoms with Crippen molar-refractivity contribution >= 4 is 11.4 Å². The van der Waals surface area contributed by atoms with Gasteiger partial charge < -0.3 is 15.4 Å². The minimum atomic E-state index is -0.404. The van der Waals surface area contributed by atoms with Crippen molar-refractivity contribution in [3.8, 4) is 5.75 Å². The maximum Gasteiger partial charge on any atom is 0.167 e. The first-order chi connectivity index (χ1) is 8.54. The minimum Gasteiger partial charge on any atom is -0.494 e. The molecule has 2 rings (SSSR count). The van der Waals surface area contributed by atoms with Gasteiger partial charge in [-0.3, -0.25) is 0 Å². The van der Waals surface area contributed by atoms with E-state index in [0.717, 1.165) is 25.1 Å². The third kappa shape index (κ3) is 2.24. The molecule has 0 saturated carbocycles. The number of nitrogens with two attached hydrogens (primary N) is 1. The van der Waals surface area contributed by atoms with Crippen molar-refractivity contribution in [1.29, 1.82) is 0 Å². The Kier molecular flexibility index (Phi) is 3.64. The molecule has 1 fully saturated rings. The summed E-state index contributed by atoms with van der Waals surface area (Å²) in [6.45, 7) is 5.39. The Morgan fingerprint density at radius 2 is 2.17 bits per heavy atom. The van der Waals surface area contributed by atoms with E-state index in [2.05, 4.69) is 18.7 Å². The van der Waals surface area contributed by atoms with Crippen LogP contribution in [-0.2, 0) is 0 Å². The van der Waals surface area contributed by atoms with Gasteiger partial charge >= 0.3 is 0 Å². The molecule has 1 aromatic rings. The summed E-state index contributed by atoms with van der Waals surface area (Å²) < 4.78 is 18.6. The van der Waals surface area contributed by atoms with Crippen LogP contribution < -0.4 is 15.4 Å². The third-order valence-corrected chi connectivity index (χ3v) is 3.68. The molecule has 1 aromatic carbocycles. The van der Waals surface area contributed by atoms with Crippen molar-refractivity contribution in [3.05, 3.63) is 17.9 Å². The van der Waals surface area contributed by atoms with Gasteiger partial charge in [-0.2, -0.15) is 0 Å². The zero-order chi connectivity index (χ0) is 13.3. The lowest BCUT2D eigenvalue weighted by atomic mass is 10.0. The number of nitrogen functional groups attached to an aromatic ring is 1. The van der Waals surface area contributed by atoms with Crippen molar-refractivity contribution in [2.24, 2.45) is 5.92 Å². The number of benzene rings is 1. The standard InChI is InChI=1S/C14H21FN2O/c1-9(2)12-5-4-6-17(12)13-8-14(18-3)10(15)7-11(13)16/h7-9,12H,4-6,16H2,1-3H3. The number of anilines is 2. The SMILES string of the molecule is COc1cc(N2CCCC2C(C)C)c(N)cc1F. The van der Waals surface area contributed by atoms with Crippen LogP contribution in [0.1, 0.15) is 26.7 Å². The van der Waals surface area contributed by atoms with E-state index < -0.39 is 5.82 Å². The van der Waals surface area contributed by atoms with Gasteiger partial charge in [-0.1, -0.05) is 13.8 Å². The fourth-order valence-electron chi connectivity index (χ4n) is 2.75. The first kappa shape index (κ1) is 13.0. The van der Waals surface area contributed by atoms with Gasteiger partial charge in [-0.05, 0) is 18.8 Å². The van der Waals surface area contributed by atoms with Gasteiger partial charge in [0.2, 0.25) is 0 Å². The zero-order valence-corrected chi connectivity index (χ0v) is 11.2. The van der Waals surface area contributed by atoms with Gasteiger partial charge in [-0.25, -0.2) is 4.39 Å². The fourth-order valence-corrected chi connectivity index (χ4v) is 2.75. The van der Waals surface area contributed by atoms with Gasteiger partial charge in [0.05, 0.1) is 18.5 Å². The van der Waals surface area contributed by atoms with Gasteiger partial charge in [-0.15, -0.1) is 0 Å². The second kappa shape index (κ2) is 5.04. The van der Waals surface area contributed by atoms with Crippen molar-refractivity contribution in [3.63, 3.8) is 0 Å². The molecule has 0 amide bonds. The summed E-state index contributed by atoms with van der Waals surface area (Å²) in [5.74, 6) is 0.413. The summed E-state index contributed by atoms with van der Waals surface area (Å²) in [5.41, 5.74) is 7.33. The second-order valence-electron chi connectivity index (χ2n) is 5.19. The smallest absolute Gasteiger partial charge is 0.167 e. The molecule has 1 atom stereocenters. The van der Waals surface area contributed by atoms with E-state index in [1.165, 1.54) is 13.2 Å². The predicted octanol–water partition coefficient (Wildman–Crippen LogP) is 3.04. The molecule has 1 aliphatic heterocycles. The lowest BCUT2D eigenvalue weighted by Gasteiger charge is -2.31. The van der Waals surface area contributed by atoms with Crippen LogP contribution in [0.2, 0.25) is 0 Å². The molecule has 100 valence electrons. The van der Waals surface area contributed by atoms with Gasteiger partial charge in [0.1, 0.15) is 0 Å². The van der Waals surface area contributed by atoms with Crippen LogP contribution in [0.5, 0.6) is 5.75 Å². The van der Waals surface area contributed by atoms with Crippen LogP contribution >= 0.6 is 0 Å². The Hall–Kier alpha value is -1.45. The number of hydrogen-bond donors (Lipinski definition) is 1. The molecule has 0 radical (unpaired) electrons. The molecule has 1 heterocycles. The molecular weight excluding hydrogens is 231 g/mol. The van der Waals surface area contributed by atoms with E-state index in [0.29, 0.717) is 17.6 Å². The lowest BCUT2D eigenvalue weighted by molar-refractivity contribution is 0.386. The summed E-state index contributed by atoms with van der Waals surface area (Å²) in [6.07, 6.45) is 2.32. The van der Waals surface area contributed by atoms with E-state index in [1.807, 2.05) is 0 Å². The fraction of sp³-hybridized carbons (Fsp3) is 0.571. The molecule has 0 spiro atoms. The number of rotatable bonds is 3. The molecule has 0 aromatic heterocycles. The lowest BCUT2D eigenvalue weighted by Crippen LogP contribution is -2.33. The van der Waals surface area contributed by atoms with Crippen molar-refractivity contribution < 1.29 is 9.13 Å². The van der Waals surface area contributed by atoms with Crippen LogP contribution in [0.4, 0.5) is 15.8 Å². The molecule has 0 bridgehead atoms. The van der Waals surface area contributed by atoms with E-state index in [9.17, 15) is 4.39 Å². The Morgan fingerprint density at radius 1 is 1.44 bits per heavy atom. The maximum absolute atomic E-state index is 13.5. The van der Waals surface area contributed by atoms with E-state index >= 15 is 0 Å². The molecule has 1 saturated heterocycles. The van der Waals surface area contributed by atoms with Crippen LogP contribution in [0.3, 0.4) is 0 Å². The second-order valence-corrected chi connectivity index (χ2v) is 5.19. The highest BCUT2D eigenvalue weighted by Gasteiger charge is 2.29. The third-order valence-electron chi connectivity index (χ3n) is 3.68. The molecule has 2 N–H and O–H groups in total. The van der Waals surface area contributed by atoms with Crippen LogP contribution in [-0.4, -0.2) is 19.7 Å². The van der Waals surface area contributed by atoms with Crippen molar-refractivity contribution in [1.82, 2.24) is 0 Å². The zero-order valence-electron chi connectivity index (χ0n) is 11.2. The number of nitrogens with zero attached hydrogens (tertiary/aromatic N) is 1. The molecule has 18 heavy (non-hydrogen) atoms. The van der Waals surface area contributed by atoms with Gasteiger partial charge in [0.15, 0.2) is 11.6 Å². The number of hydrogen-bond acceptors (Lipinski definition) is 3. The van der Waals surface area contributed by atoms with E-state index in [4.69, 9.17) is 10.5 Å². The topological polar surface area (TPSA) is 38.5 Å². The largest absolute Gasteiger partial charge is 0.494 e. The number of halogens is 1. The van der Waals surface area contributed by atoms with Crippen LogP contribution in [0.15, 0.2) is 12.1 Å². The maximum atomic E-state index is 13.5. The van der Waals surface area contributed by atoms with Gasteiger partial charge in [0.25, 0.3) is 0 Å². The Labute approximate surface area is 108 Å². The average Bonchev–Trinajstić information content (AvgIpc) is 2.78. The van der Waals surface area contributed by atoms with Crippen molar-refractivity contribution in [2.75, 3.05) is 24.3 Å². The summed E-state index contributed by atoms with van der Waals surface area (Å²) in [5, 5.41) is 0. The Bertz CT molecular complexity index is 434. The van der Waals surface area contributed by atoms with E-state index in [-0.39, 0.29) is 5.75 Å². The summed E-state index contributed by atoms with van der Waals surface area (Å²) >= 11 is 0.